The molecule has 5 unspecified atom stereocenters. The summed E-state index contributed by atoms with van der Waals surface area (Å²) in [6.07, 6.45) is -1.49. The number of para-hydroxylation sites is 1. The molecular weight excluding hydrogens is 618 g/mol. The van der Waals surface area contributed by atoms with Crippen LogP contribution in [-0.4, -0.2) is 83.3 Å². The Hall–Kier alpha value is -3.98. The SMILES string of the molecule is O=C(O)C(O)C(On1c(=S)n(C2C(CC3CC3)C[C@@]3(O)[C@H]4Cc5ccc(O)c6c5[C@@]3(CCN4)C2O6)c(=O)c2ccccc21)C(=O)O. The van der Waals surface area contributed by atoms with Crippen molar-refractivity contribution in [3.05, 3.63) is 62.6 Å². The average molecular weight is 652 g/mol. The van der Waals surface area contributed by atoms with E-state index < -0.39 is 52.9 Å². The molecule has 46 heavy (non-hydrogen) atoms. The molecule has 3 fully saturated rings. The molecule has 3 aromatic rings. The predicted molar refractivity (Wildman–Crippen MR) is 162 cm³/mol. The fourth-order valence-electron chi connectivity index (χ4n) is 8.99. The molecule has 0 amide bonds. The molecule has 242 valence electrons. The number of nitrogens with one attached hydrogen (secondary N) is 1. The van der Waals surface area contributed by atoms with Gasteiger partial charge in [0, 0.05) is 11.6 Å². The fourth-order valence-corrected chi connectivity index (χ4v) is 9.34. The number of rotatable bonds is 8. The highest BCUT2D eigenvalue weighted by Crippen LogP contribution is 2.67. The molecule has 3 aliphatic carbocycles. The van der Waals surface area contributed by atoms with Crippen LogP contribution < -0.4 is 20.5 Å². The first-order valence-corrected chi connectivity index (χ1v) is 15.9. The van der Waals surface area contributed by atoms with Crippen LogP contribution >= 0.6 is 12.2 Å². The van der Waals surface area contributed by atoms with Gasteiger partial charge in [0.2, 0.25) is 10.9 Å². The summed E-state index contributed by atoms with van der Waals surface area (Å²) in [5.74, 6) is -3.26. The molecule has 14 heteroatoms. The quantitative estimate of drug-likeness (QED) is 0.192. The lowest BCUT2D eigenvalue weighted by Gasteiger charge is -2.63. The van der Waals surface area contributed by atoms with Crippen molar-refractivity contribution in [2.45, 2.75) is 79.9 Å². The molecular formula is C32H33N3O10S. The second kappa shape index (κ2) is 10.0. The monoisotopic (exact) mass is 651 g/mol. The number of ether oxygens (including phenoxy) is 1. The number of aliphatic hydroxyl groups is 2. The third-order valence-corrected chi connectivity index (χ3v) is 11.4. The van der Waals surface area contributed by atoms with E-state index in [-0.39, 0.29) is 39.1 Å². The van der Waals surface area contributed by atoms with Gasteiger partial charge in [0.05, 0.1) is 28.0 Å². The maximum atomic E-state index is 14.5. The number of piperidine rings is 1. The summed E-state index contributed by atoms with van der Waals surface area (Å²) in [4.78, 5) is 44.0. The van der Waals surface area contributed by atoms with Gasteiger partial charge in [0.25, 0.3) is 11.7 Å². The van der Waals surface area contributed by atoms with E-state index >= 15 is 0 Å². The number of aromatic hydroxyl groups is 1. The van der Waals surface area contributed by atoms with Crippen molar-refractivity contribution >= 4 is 35.1 Å². The molecule has 1 spiro atoms. The molecule has 2 aliphatic heterocycles. The number of phenolic OH excluding ortho intramolecular Hbond substituents is 1. The first-order valence-electron chi connectivity index (χ1n) is 15.5. The molecule has 0 radical (unpaired) electrons. The smallest absolute Gasteiger partial charge is 0.351 e. The zero-order valence-corrected chi connectivity index (χ0v) is 25.4. The van der Waals surface area contributed by atoms with Crippen LogP contribution in [0, 0.1) is 16.6 Å². The van der Waals surface area contributed by atoms with E-state index in [2.05, 4.69) is 5.32 Å². The Morgan fingerprint density at radius 2 is 1.91 bits per heavy atom. The van der Waals surface area contributed by atoms with Gasteiger partial charge in [-0.3, -0.25) is 9.36 Å². The molecule has 8 rings (SSSR count). The normalized spacial score (nSPS) is 31.9. The Labute approximate surface area is 266 Å². The predicted octanol–water partition coefficient (Wildman–Crippen LogP) is 1.27. The minimum atomic E-state index is -2.44. The first-order chi connectivity index (χ1) is 22.0. The molecule has 3 heterocycles. The number of aromatic nitrogens is 2. The number of benzene rings is 2. The van der Waals surface area contributed by atoms with Crippen molar-refractivity contribution in [1.29, 1.82) is 0 Å². The van der Waals surface area contributed by atoms with E-state index in [9.17, 15) is 39.9 Å². The van der Waals surface area contributed by atoms with Crippen LogP contribution in [-0.2, 0) is 21.4 Å². The Balaban J connectivity index is 1.38. The lowest BCUT2D eigenvalue weighted by molar-refractivity contribution is -0.182. The lowest BCUT2D eigenvalue weighted by atomic mass is 9.46. The third-order valence-electron chi connectivity index (χ3n) is 11.0. The van der Waals surface area contributed by atoms with Gasteiger partial charge in [-0.05, 0) is 80.0 Å². The van der Waals surface area contributed by atoms with Crippen LogP contribution in [0.15, 0.2) is 41.2 Å². The van der Waals surface area contributed by atoms with Crippen LogP contribution in [0.4, 0.5) is 0 Å². The van der Waals surface area contributed by atoms with Crippen molar-refractivity contribution in [2.24, 2.45) is 11.8 Å². The lowest BCUT2D eigenvalue weighted by Crippen LogP contribution is -2.77. The highest BCUT2D eigenvalue weighted by molar-refractivity contribution is 7.71. The number of carboxylic acids is 2. The summed E-state index contributed by atoms with van der Waals surface area (Å²) in [5.41, 5.74) is -0.928. The molecule has 1 saturated heterocycles. The second-order valence-corrected chi connectivity index (χ2v) is 13.8. The molecule has 6 N–H and O–H groups in total. The van der Waals surface area contributed by atoms with E-state index in [0.29, 0.717) is 38.1 Å². The van der Waals surface area contributed by atoms with Gasteiger partial charge >= 0.3 is 11.9 Å². The molecule has 2 aromatic carbocycles. The number of nitrogens with zero attached hydrogens (tertiary/aromatic N) is 2. The standard InChI is InChI=1S/C32H33N3O10S/c36-19-8-7-15-12-20-32(43)13-16(11-14-5-6-14)22(26-31(32,9-10-33-20)21(15)24(19)44-26)34-27(38)17-3-1-2-4-18(17)35(30(34)46)45-25(29(41)42)23(37)28(39)40/h1-4,7-8,14,16,20,22-23,25-26,33,36-37,43H,5-6,9-13H2,(H,39,40)(H,41,42)/t16?,20-,22?,23?,25?,26?,31+,32-/m1/s1. The first kappa shape index (κ1) is 29.4. The molecule has 8 atom stereocenters. The number of hydrogen-bond donors (Lipinski definition) is 6. The summed E-state index contributed by atoms with van der Waals surface area (Å²) < 4.78 is 8.77. The van der Waals surface area contributed by atoms with Crippen molar-refractivity contribution in [1.82, 2.24) is 14.6 Å². The largest absolute Gasteiger partial charge is 0.504 e. The summed E-state index contributed by atoms with van der Waals surface area (Å²) in [6, 6.07) is 8.64. The molecule has 2 saturated carbocycles. The number of carbonyl (C=O) groups is 2. The van der Waals surface area contributed by atoms with Gasteiger partial charge in [-0.2, -0.15) is 4.73 Å². The van der Waals surface area contributed by atoms with E-state index in [1.165, 1.54) is 16.7 Å². The fraction of sp³-hybridized carbons (Fsp3) is 0.500. The van der Waals surface area contributed by atoms with Crippen molar-refractivity contribution in [3.8, 4) is 11.5 Å². The highest BCUT2D eigenvalue weighted by Gasteiger charge is 2.74. The van der Waals surface area contributed by atoms with Gasteiger partial charge in [0.15, 0.2) is 11.5 Å². The summed E-state index contributed by atoms with van der Waals surface area (Å²) >= 11 is 5.91. The number of aliphatic carboxylic acids is 2. The van der Waals surface area contributed by atoms with E-state index in [4.69, 9.17) is 21.8 Å². The summed E-state index contributed by atoms with van der Waals surface area (Å²) in [5, 5.41) is 57.0. The maximum absolute atomic E-state index is 14.5. The van der Waals surface area contributed by atoms with Crippen LogP contribution in [0.5, 0.6) is 11.5 Å². The van der Waals surface area contributed by atoms with Crippen LogP contribution in [0.1, 0.15) is 49.3 Å². The van der Waals surface area contributed by atoms with Crippen LogP contribution in [0.3, 0.4) is 0 Å². The average Bonchev–Trinajstić information content (AvgIpc) is 3.76. The Bertz CT molecular complexity index is 1940. The second-order valence-electron chi connectivity index (χ2n) is 13.4. The summed E-state index contributed by atoms with van der Waals surface area (Å²) in [6.45, 7) is 0.575. The van der Waals surface area contributed by atoms with Gasteiger partial charge < -0.3 is 40.4 Å². The number of carboxylic acid groups (broad SMARTS) is 2. The highest BCUT2D eigenvalue weighted by atomic mass is 32.1. The molecule has 5 aliphatic rings. The number of fused-ring (bicyclic) bond motifs is 1. The van der Waals surface area contributed by atoms with Gasteiger partial charge in [-0.1, -0.05) is 31.0 Å². The topological polar surface area (TPSA) is 193 Å². The summed E-state index contributed by atoms with van der Waals surface area (Å²) in [7, 11) is 0. The Kier molecular flexibility index (Phi) is 6.40. The zero-order chi connectivity index (χ0) is 32.3. The van der Waals surface area contributed by atoms with Crippen LogP contribution in [0.2, 0.25) is 0 Å². The maximum Gasteiger partial charge on any atom is 0.351 e. The number of hydrogen-bond acceptors (Lipinski definition) is 10. The van der Waals surface area contributed by atoms with Crippen molar-refractivity contribution in [3.63, 3.8) is 0 Å². The van der Waals surface area contributed by atoms with E-state index in [1.807, 2.05) is 6.07 Å². The van der Waals surface area contributed by atoms with E-state index in [0.717, 1.165) is 28.7 Å². The van der Waals surface area contributed by atoms with Crippen molar-refractivity contribution < 1.29 is 44.7 Å². The number of phenols is 1. The van der Waals surface area contributed by atoms with Gasteiger partial charge in [0.1, 0.15) is 6.10 Å². The third kappa shape index (κ3) is 3.84. The molecule has 13 nitrogen and oxygen atoms in total. The molecule has 2 bridgehead atoms. The van der Waals surface area contributed by atoms with Crippen molar-refractivity contribution in [2.75, 3.05) is 6.54 Å². The van der Waals surface area contributed by atoms with Crippen LogP contribution in [0.25, 0.3) is 10.9 Å². The molecule has 1 aromatic heterocycles. The Morgan fingerprint density at radius 3 is 2.63 bits per heavy atom. The number of aliphatic hydroxyl groups excluding tert-OH is 1. The Morgan fingerprint density at radius 1 is 1.15 bits per heavy atom. The zero-order valence-electron chi connectivity index (χ0n) is 24.5. The van der Waals surface area contributed by atoms with E-state index in [1.54, 1.807) is 18.2 Å². The minimum absolute atomic E-state index is 0.0610. The minimum Gasteiger partial charge on any atom is -0.504 e. The van der Waals surface area contributed by atoms with Gasteiger partial charge in [-0.15, -0.1) is 0 Å². The van der Waals surface area contributed by atoms with Gasteiger partial charge in [-0.25, -0.2) is 9.59 Å².